The van der Waals surface area contributed by atoms with Crippen LogP contribution in [-0.4, -0.2) is 9.49 Å². The van der Waals surface area contributed by atoms with Crippen molar-refractivity contribution in [1.29, 1.82) is 0 Å². The molecule has 0 atom stereocenters. The van der Waals surface area contributed by atoms with E-state index in [1.807, 2.05) is 36.4 Å². The number of thiocarbonyl (C=S) groups is 1. The summed E-state index contributed by atoms with van der Waals surface area (Å²) in [5.74, 6) is 0.950. The Hall–Kier alpha value is -1.52. The molecule has 0 fully saturated rings. The summed E-state index contributed by atoms with van der Waals surface area (Å²) in [6, 6.07) is 15.0. The molecular weight excluding hydrogens is 288 g/mol. The summed E-state index contributed by atoms with van der Waals surface area (Å²) in [6.45, 7) is 4.27. The molecule has 104 valence electrons. The van der Waals surface area contributed by atoms with E-state index >= 15 is 0 Å². The van der Waals surface area contributed by atoms with Crippen molar-refractivity contribution in [2.24, 2.45) is 0 Å². The Morgan fingerprint density at radius 1 is 1.00 bits per heavy atom. The average Bonchev–Trinajstić information content (AvgIpc) is 2.39. The van der Waals surface area contributed by atoms with Gasteiger partial charge >= 0.3 is 0 Å². The lowest BCUT2D eigenvalue weighted by atomic mass is 9.78. The second-order valence-corrected chi connectivity index (χ2v) is 6.14. The molecule has 0 saturated heterocycles. The van der Waals surface area contributed by atoms with Gasteiger partial charge in [-0.25, -0.2) is 0 Å². The summed E-state index contributed by atoms with van der Waals surface area (Å²) < 4.78 is 5.47. The van der Waals surface area contributed by atoms with Crippen LogP contribution in [0.5, 0.6) is 11.5 Å². The highest BCUT2D eigenvalue weighted by atomic mass is 32.1. The third-order valence-electron chi connectivity index (χ3n) is 3.37. The van der Waals surface area contributed by atoms with Crippen molar-refractivity contribution in [3.8, 4) is 11.5 Å². The van der Waals surface area contributed by atoms with Crippen LogP contribution in [0.25, 0.3) is 0 Å². The van der Waals surface area contributed by atoms with Gasteiger partial charge in [-0.15, -0.1) is 0 Å². The van der Waals surface area contributed by atoms with Crippen molar-refractivity contribution in [1.82, 2.24) is 0 Å². The maximum absolute atomic E-state index is 9.38. The van der Waals surface area contributed by atoms with Gasteiger partial charge in [0.15, 0.2) is 0 Å². The lowest BCUT2D eigenvalue weighted by Crippen LogP contribution is -2.18. The molecule has 0 bridgehead atoms. The zero-order valence-electron chi connectivity index (χ0n) is 11.3. The molecule has 4 heteroatoms. The molecule has 0 amide bonds. The standard InChI is InChI=1S/C16H16O2S2/c1-16(2,11-3-7-13(17)8-4-11)12-5-9-14(10-6-12)18-15(19)20/h3-10,17H,1-2H3,(H,19,20). The second kappa shape index (κ2) is 5.85. The van der Waals surface area contributed by atoms with Crippen LogP contribution in [0.15, 0.2) is 48.5 Å². The van der Waals surface area contributed by atoms with Gasteiger partial charge in [0.1, 0.15) is 11.5 Å². The Balaban J connectivity index is 2.29. The molecule has 0 aliphatic carbocycles. The van der Waals surface area contributed by atoms with Gasteiger partial charge in [-0.1, -0.05) is 50.7 Å². The molecule has 0 radical (unpaired) electrons. The van der Waals surface area contributed by atoms with Crippen LogP contribution in [0, 0.1) is 0 Å². The summed E-state index contributed by atoms with van der Waals surface area (Å²) in [5, 5.41) is 9.38. The van der Waals surface area contributed by atoms with E-state index in [1.165, 1.54) is 0 Å². The number of benzene rings is 2. The number of rotatable bonds is 3. The summed E-state index contributed by atoms with van der Waals surface area (Å²) >= 11 is 8.74. The average molecular weight is 304 g/mol. The Kier molecular flexibility index (Phi) is 4.35. The van der Waals surface area contributed by atoms with E-state index in [1.54, 1.807) is 12.1 Å². The molecule has 0 heterocycles. The van der Waals surface area contributed by atoms with Crippen molar-refractivity contribution in [2.45, 2.75) is 19.3 Å². The van der Waals surface area contributed by atoms with Gasteiger partial charge in [0.25, 0.3) is 0 Å². The van der Waals surface area contributed by atoms with E-state index in [9.17, 15) is 5.11 Å². The van der Waals surface area contributed by atoms with E-state index in [2.05, 4.69) is 26.5 Å². The Morgan fingerprint density at radius 2 is 1.45 bits per heavy atom. The van der Waals surface area contributed by atoms with Crippen molar-refractivity contribution in [3.63, 3.8) is 0 Å². The number of phenols is 1. The smallest absolute Gasteiger partial charge is 0.222 e. The van der Waals surface area contributed by atoms with Crippen molar-refractivity contribution in [2.75, 3.05) is 0 Å². The third-order valence-corrected chi connectivity index (χ3v) is 3.54. The first-order valence-corrected chi connectivity index (χ1v) is 7.06. The van der Waals surface area contributed by atoms with Gasteiger partial charge in [0, 0.05) is 5.41 Å². The monoisotopic (exact) mass is 304 g/mol. The summed E-state index contributed by atoms with van der Waals surface area (Å²) in [4.78, 5) is 0. The number of thiol groups is 1. The minimum atomic E-state index is -0.159. The number of hydrogen-bond acceptors (Lipinski definition) is 3. The predicted molar refractivity (Wildman–Crippen MR) is 88.9 cm³/mol. The van der Waals surface area contributed by atoms with Crippen LogP contribution in [0.4, 0.5) is 0 Å². The van der Waals surface area contributed by atoms with E-state index < -0.39 is 0 Å². The normalized spacial score (nSPS) is 11.2. The molecule has 1 N–H and O–H groups in total. The Labute approximate surface area is 129 Å². The minimum Gasteiger partial charge on any atom is -0.508 e. The zero-order chi connectivity index (χ0) is 14.8. The third kappa shape index (κ3) is 3.32. The fourth-order valence-corrected chi connectivity index (χ4v) is 2.29. The fourth-order valence-electron chi connectivity index (χ4n) is 2.09. The van der Waals surface area contributed by atoms with Gasteiger partial charge in [-0.2, -0.15) is 0 Å². The highest BCUT2D eigenvalue weighted by Gasteiger charge is 2.23. The summed E-state index contributed by atoms with van der Waals surface area (Å²) in [5.41, 5.74) is 2.13. The first-order chi connectivity index (χ1) is 9.39. The van der Waals surface area contributed by atoms with Gasteiger partial charge in [-0.05, 0) is 47.6 Å². The first-order valence-electron chi connectivity index (χ1n) is 6.20. The van der Waals surface area contributed by atoms with Crippen LogP contribution in [0.3, 0.4) is 0 Å². The molecule has 0 saturated carbocycles. The molecular formula is C16H16O2S2. The quantitative estimate of drug-likeness (QED) is 0.654. The van der Waals surface area contributed by atoms with E-state index in [0.717, 1.165) is 11.1 Å². The summed E-state index contributed by atoms with van der Waals surface area (Å²) in [7, 11) is 0. The molecule has 2 nitrogen and oxygen atoms in total. The van der Waals surface area contributed by atoms with Crippen LogP contribution >= 0.6 is 24.8 Å². The van der Waals surface area contributed by atoms with Crippen LogP contribution < -0.4 is 4.74 Å². The predicted octanol–water partition coefficient (Wildman–Crippen LogP) is 4.31. The largest absolute Gasteiger partial charge is 0.508 e. The van der Waals surface area contributed by atoms with Crippen molar-refractivity contribution < 1.29 is 9.84 Å². The Morgan fingerprint density at radius 3 is 1.90 bits per heavy atom. The topological polar surface area (TPSA) is 29.5 Å². The lowest BCUT2D eigenvalue weighted by molar-refractivity contribution is 0.474. The molecule has 0 aromatic heterocycles. The molecule has 0 unspecified atom stereocenters. The highest BCUT2D eigenvalue weighted by molar-refractivity contribution is 8.10. The maximum Gasteiger partial charge on any atom is 0.222 e. The zero-order valence-corrected chi connectivity index (χ0v) is 13.0. The van der Waals surface area contributed by atoms with Crippen LogP contribution in [0.2, 0.25) is 0 Å². The molecule has 2 rings (SSSR count). The highest BCUT2D eigenvalue weighted by Crippen LogP contribution is 2.33. The summed E-state index contributed by atoms with van der Waals surface area (Å²) in [6.07, 6.45) is 0. The van der Waals surface area contributed by atoms with E-state index in [0.29, 0.717) is 5.75 Å². The number of phenolic OH excluding ortho intramolecular Hbond substituents is 1. The molecule has 2 aromatic carbocycles. The number of aromatic hydroxyl groups is 1. The van der Waals surface area contributed by atoms with E-state index in [-0.39, 0.29) is 15.5 Å². The van der Waals surface area contributed by atoms with Crippen LogP contribution in [-0.2, 0) is 5.41 Å². The van der Waals surface area contributed by atoms with Gasteiger partial charge < -0.3 is 9.84 Å². The van der Waals surface area contributed by atoms with Crippen molar-refractivity contribution in [3.05, 3.63) is 59.7 Å². The van der Waals surface area contributed by atoms with Crippen LogP contribution in [0.1, 0.15) is 25.0 Å². The number of hydrogen-bond donors (Lipinski definition) is 2. The molecule has 2 aromatic rings. The van der Waals surface area contributed by atoms with Gasteiger partial charge in [0.2, 0.25) is 4.38 Å². The Bertz CT molecular complexity index is 601. The molecule has 0 spiro atoms. The van der Waals surface area contributed by atoms with Crippen molar-refractivity contribution >= 4 is 29.2 Å². The minimum absolute atomic E-state index is 0.159. The second-order valence-electron chi connectivity index (χ2n) is 5.06. The van der Waals surface area contributed by atoms with Gasteiger partial charge in [0.05, 0.1) is 0 Å². The number of ether oxygens (including phenoxy) is 1. The maximum atomic E-state index is 9.38. The lowest BCUT2D eigenvalue weighted by Gasteiger charge is -2.26. The SMILES string of the molecule is CC(C)(c1ccc(O)cc1)c1ccc(OC(=S)S)cc1. The molecule has 0 aliphatic heterocycles. The molecule has 0 aliphatic rings. The first kappa shape index (κ1) is 14.9. The van der Waals surface area contributed by atoms with E-state index in [4.69, 9.17) is 17.0 Å². The van der Waals surface area contributed by atoms with Gasteiger partial charge in [-0.3, -0.25) is 0 Å². The molecule has 20 heavy (non-hydrogen) atoms. The fraction of sp³-hybridized carbons (Fsp3) is 0.188.